The fourth-order valence-electron chi connectivity index (χ4n) is 2.17. The van der Waals surface area contributed by atoms with Gasteiger partial charge in [-0.05, 0) is 24.8 Å². The molecule has 1 aliphatic heterocycles. The largest absolute Gasteiger partial charge is 0.463 e. The number of benzene rings is 1. The average Bonchev–Trinajstić information content (AvgIpc) is 2.96. The van der Waals surface area contributed by atoms with E-state index in [1.807, 2.05) is 30.3 Å². The van der Waals surface area contributed by atoms with E-state index in [9.17, 15) is 4.79 Å². The number of nitrogens with two attached hydrogens (primary N) is 1. The van der Waals surface area contributed by atoms with E-state index in [0.717, 1.165) is 25.0 Å². The van der Waals surface area contributed by atoms with Gasteiger partial charge in [-0.1, -0.05) is 30.3 Å². The Balaban J connectivity index is 1.65. The number of hydrogen-bond donors (Lipinski definition) is 1. The van der Waals surface area contributed by atoms with Crippen LogP contribution in [0.1, 0.15) is 37.3 Å². The van der Waals surface area contributed by atoms with Gasteiger partial charge in [-0.3, -0.25) is 4.79 Å². The second-order valence-electron chi connectivity index (χ2n) is 4.87. The van der Waals surface area contributed by atoms with Crippen LogP contribution in [0.2, 0.25) is 0 Å². The van der Waals surface area contributed by atoms with E-state index >= 15 is 0 Å². The Morgan fingerprint density at radius 1 is 1.42 bits per heavy atom. The summed E-state index contributed by atoms with van der Waals surface area (Å²) >= 11 is 0. The first-order valence-corrected chi connectivity index (χ1v) is 6.83. The molecule has 1 heterocycles. The minimum atomic E-state index is -0.193. The van der Waals surface area contributed by atoms with Crippen molar-refractivity contribution in [2.45, 2.75) is 37.8 Å². The zero-order valence-electron chi connectivity index (χ0n) is 11.1. The summed E-state index contributed by atoms with van der Waals surface area (Å²) in [5.41, 5.74) is 7.08. The normalized spacial score (nSPS) is 20.2. The Bertz CT molecular complexity index is 388. The van der Waals surface area contributed by atoms with Crippen molar-refractivity contribution < 1.29 is 14.3 Å². The molecule has 2 rings (SSSR count). The molecule has 0 aliphatic carbocycles. The van der Waals surface area contributed by atoms with Crippen LogP contribution in [0.25, 0.3) is 0 Å². The molecular weight excluding hydrogens is 242 g/mol. The van der Waals surface area contributed by atoms with Crippen molar-refractivity contribution >= 4 is 5.97 Å². The number of hydrogen-bond acceptors (Lipinski definition) is 4. The van der Waals surface area contributed by atoms with Crippen LogP contribution in [0.5, 0.6) is 0 Å². The van der Waals surface area contributed by atoms with E-state index in [4.69, 9.17) is 15.2 Å². The molecule has 0 saturated carbocycles. The van der Waals surface area contributed by atoms with Crippen molar-refractivity contribution in [1.29, 1.82) is 0 Å². The van der Waals surface area contributed by atoms with Gasteiger partial charge in [0.1, 0.15) is 6.61 Å². The summed E-state index contributed by atoms with van der Waals surface area (Å²) in [6.45, 7) is 1.15. The van der Waals surface area contributed by atoms with Crippen LogP contribution in [-0.4, -0.2) is 25.3 Å². The van der Waals surface area contributed by atoms with Crippen molar-refractivity contribution in [3.05, 3.63) is 35.9 Å². The number of rotatable bonds is 6. The minimum Gasteiger partial charge on any atom is -0.463 e. The Morgan fingerprint density at radius 3 is 2.89 bits per heavy atom. The highest BCUT2D eigenvalue weighted by Gasteiger charge is 2.17. The quantitative estimate of drug-likeness (QED) is 0.799. The van der Waals surface area contributed by atoms with Crippen molar-refractivity contribution in [2.75, 3.05) is 13.2 Å². The van der Waals surface area contributed by atoms with Crippen LogP contribution in [0.3, 0.4) is 0 Å². The predicted molar refractivity (Wildman–Crippen MR) is 72.5 cm³/mol. The van der Waals surface area contributed by atoms with Crippen LogP contribution in [0, 0.1) is 0 Å². The van der Waals surface area contributed by atoms with E-state index in [2.05, 4.69) is 0 Å². The molecule has 4 nitrogen and oxygen atoms in total. The molecule has 1 saturated heterocycles. The second-order valence-corrected chi connectivity index (χ2v) is 4.87. The number of esters is 1. The van der Waals surface area contributed by atoms with Crippen molar-refractivity contribution in [3.63, 3.8) is 0 Å². The third-order valence-electron chi connectivity index (χ3n) is 3.34. The summed E-state index contributed by atoms with van der Waals surface area (Å²) in [6, 6.07) is 9.68. The standard InChI is InChI=1S/C15H21NO3/c16-14(12-5-2-1-3-6-12)8-9-15(17)19-11-13-7-4-10-18-13/h1-3,5-6,13-14H,4,7-11,16H2. The number of carbonyl (C=O) groups is 1. The molecule has 0 bridgehead atoms. The summed E-state index contributed by atoms with van der Waals surface area (Å²) in [5, 5.41) is 0. The van der Waals surface area contributed by atoms with Crippen LogP contribution >= 0.6 is 0 Å². The van der Waals surface area contributed by atoms with Gasteiger partial charge in [-0.25, -0.2) is 0 Å². The Labute approximate surface area is 113 Å². The average molecular weight is 263 g/mol. The Hall–Kier alpha value is -1.39. The van der Waals surface area contributed by atoms with E-state index in [1.54, 1.807) is 0 Å². The first-order chi connectivity index (χ1) is 9.25. The van der Waals surface area contributed by atoms with Crippen molar-refractivity contribution in [3.8, 4) is 0 Å². The predicted octanol–water partition coefficient (Wildman–Crippen LogP) is 2.19. The van der Waals surface area contributed by atoms with Gasteiger partial charge in [0.2, 0.25) is 0 Å². The first kappa shape index (κ1) is 14.0. The van der Waals surface area contributed by atoms with Gasteiger partial charge in [0.15, 0.2) is 0 Å². The Morgan fingerprint density at radius 2 is 2.21 bits per heavy atom. The molecular formula is C15H21NO3. The summed E-state index contributed by atoms with van der Waals surface area (Å²) in [5.74, 6) is -0.193. The maximum atomic E-state index is 11.6. The molecule has 19 heavy (non-hydrogen) atoms. The van der Waals surface area contributed by atoms with Crippen LogP contribution in [-0.2, 0) is 14.3 Å². The lowest BCUT2D eigenvalue weighted by Gasteiger charge is -2.13. The highest BCUT2D eigenvalue weighted by molar-refractivity contribution is 5.69. The fraction of sp³-hybridized carbons (Fsp3) is 0.533. The third-order valence-corrected chi connectivity index (χ3v) is 3.34. The molecule has 4 heteroatoms. The summed E-state index contributed by atoms with van der Waals surface area (Å²) in [7, 11) is 0. The van der Waals surface area contributed by atoms with Gasteiger partial charge in [0, 0.05) is 19.1 Å². The van der Waals surface area contributed by atoms with Gasteiger partial charge in [0.25, 0.3) is 0 Å². The number of ether oxygens (including phenoxy) is 2. The molecule has 1 aromatic carbocycles. The maximum Gasteiger partial charge on any atom is 0.305 e. The molecule has 0 spiro atoms. The lowest BCUT2D eigenvalue weighted by molar-refractivity contribution is -0.147. The van der Waals surface area contributed by atoms with Crippen LogP contribution < -0.4 is 5.73 Å². The molecule has 2 N–H and O–H groups in total. The van der Waals surface area contributed by atoms with E-state index in [0.29, 0.717) is 19.4 Å². The van der Waals surface area contributed by atoms with Gasteiger partial charge >= 0.3 is 5.97 Å². The summed E-state index contributed by atoms with van der Waals surface area (Å²) < 4.78 is 10.6. The molecule has 0 radical (unpaired) electrons. The molecule has 2 unspecified atom stereocenters. The van der Waals surface area contributed by atoms with E-state index in [1.165, 1.54) is 0 Å². The second kappa shape index (κ2) is 7.26. The van der Waals surface area contributed by atoms with Gasteiger partial charge in [0.05, 0.1) is 6.10 Å². The zero-order chi connectivity index (χ0) is 13.5. The lowest BCUT2D eigenvalue weighted by Crippen LogP contribution is -2.19. The summed E-state index contributed by atoms with van der Waals surface area (Å²) in [4.78, 5) is 11.6. The lowest BCUT2D eigenvalue weighted by atomic mass is 10.0. The van der Waals surface area contributed by atoms with E-state index < -0.39 is 0 Å². The molecule has 104 valence electrons. The smallest absolute Gasteiger partial charge is 0.305 e. The minimum absolute atomic E-state index is 0.0896. The van der Waals surface area contributed by atoms with Crippen LogP contribution in [0.4, 0.5) is 0 Å². The van der Waals surface area contributed by atoms with E-state index in [-0.39, 0.29) is 18.1 Å². The molecule has 1 aliphatic rings. The van der Waals surface area contributed by atoms with Crippen molar-refractivity contribution in [1.82, 2.24) is 0 Å². The summed E-state index contributed by atoms with van der Waals surface area (Å²) in [6.07, 6.45) is 3.08. The monoisotopic (exact) mass is 263 g/mol. The molecule has 0 amide bonds. The maximum absolute atomic E-state index is 11.6. The zero-order valence-corrected chi connectivity index (χ0v) is 11.1. The molecule has 1 aromatic rings. The molecule has 1 fully saturated rings. The van der Waals surface area contributed by atoms with Crippen LogP contribution in [0.15, 0.2) is 30.3 Å². The highest BCUT2D eigenvalue weighted by Crippen LogP contribution is 2.16. The van der Waals surface area contributed by atoms with Gasteiger partial charge in [-0.2, -0.15) is 0 Å². The van der Waals surface area contributed by atoms with Crippen molar-refractivity contribution in [2.24, 2.45) is 5.73 Å². The SMILES string of the molecule is NC(CCC(=O)OCC1CCCO1)c1ccccc1. The topological polar surface area (TPSA) is 61.6 Å². The number of carbonyl (C=O) groups excluding carboxylic acids is 1. The van der Waals surface area contributed by atoms with Gasteiger partial charge in [-0.15, -0.1) is 0 Å². The fourth-order valence-corrected chi connectivity index (χ4v) is 2.17. The third kappa shape index (κ3) is 4.65. The van der Waals surface area contributed by atoms with Gasteiger partial charge < -0.3 is 15.2 Å². The first-order valence-electron chi connectivity index (χ1n) is 6.83. The Kier molecular flexibility index (Phi) is 5.36. The highest BCUT2D eigenvalue weighted by atomic mass is 16.6. The molecule has 2 atom stereocenters. The molecule has 0 aromatic heterocycles.